The summed E-state index contributed by atoms with van der Waals surface area (Å²) in [6.07, 6.45) is 0.234. The maximum absolute atomic E-state index is 14.1. The summed E-state index contributed by atoms with van der Waals surface area (Å²) in [6.45, 7) is 8.99. The fraction of sp³-hybridized carbons (Fsp3) is 0.600. The Morgan fingerprint density at radius 3 is 2.50 bits per heavy atom. The number of halogens is 3. The molecule has 0 saturated heterocycles. The highest BCUT2D eigenvalue weighted by Gasteiger charge is 2.31. The summed E-state index contributed by atoms with van der Waals surface area (Å²) in [5.74, 6) is -1.07. The number of hydrogen-bond donors (Lipinski definition) is 1. The third-order valence-electron chi connectivity index (χ3n) is 3.35. The molecule has 1 atom stereocenters. The van der Waals surface area contributed by atoms with Crippen LogP contribution in [0.5, 0.6) is 0 Å². The van der Waals surface area contributed by atoms with E-state index in [-0.39, 0.29) is 22.5 Å². The van der Waals surface area contributed by atoms with Crippen molar-refractivity contribution in [1.29, 1.82) is 0 Å². The van der Waals surface area contributed by atoms with Crippen LogP contribution in [0.4, 0.5) is 8.78 Å². The number of hydrogen-bond acceptors (Lipinski definition) is 2. The van der Waals surface area contributed by atoms with Crippen molar-refractivity contribution in [2.24, 2.45) is 0 Å². The predicted molar refractivity (Wildman–Crippen MR) is 80.9 cm³/mol. The van der Waals surface area contributed by atoms with Gasteiger partial charge in [0.1, 0.15) is 11.6 Å². The van der Waals surface area contributed by atoms with Crippen LogP contribution in [0.3, 0.4) is 0 Å². The van der Waals surface area contributed by atoms with Gasteiger partial charge in [0.05, 0.1) is 10.1 Å². The van der Waals surface area contributed by atoms with Crippen LogP contribution in [0.1, 0.15) is 33.3 Å². The number of ether oxygens (including phenoxy) is 1. The Kier molecular flexibility index (Phi) is 6.55. The summed E-state index contributed by atoms with van der Waals surface area (Å²) in [5.41, 5.74) is -0.426. The average Bonchev–Trinajstić information content (AvgIpc) is 2.37. The van der Waals surface area contributed by atoms with Gasteiger partial charge in [-0.25, -0.2) is 8.78 Å². The van der Waals surface area contributed by atoms with Gasteiger partial charge in [0.15, 0.2) is 0 Å². The summed E-state index contributed by atoms with van der Waals surface area (Å²) in [4.78, 5) is 0. The highest BCUT2D eigenvalue weighted by atomic mass is 79.9. The third kappa shape index (κ3) is 4.24. The minimum Gasteiger partial charge on any atom is -0.374 e. The first kappa shape index (κ1) is 17.5. The molecule has 0 heterocycles. The summed E-state index contributed by atoms with van der Waals surface area (Å²) in [7, 11) is 0. The van der Waals surface area contributed by atoms with Crippen LogP contribution in [0, 0.1) is 11.6 Å². The molecule has 0 aliphatic heterocycles. The molecule has 0 saturated carbocycles. The molecule has 0 radical (unpaired) electrons. The molecule has 0 aliphatic rings. The Balaban J connectivity index is 3.05. The molecule has 1 unspecified atom stereocenters. The van der Waals surface area contributed by atoms with E-state index in [0.29, 0.717) is 13.2 Å². The maximum Gasteiger partial charge on any atom is 0.143 e. The van der Waals surface area contributed by atoms with E-state index < -0.39 is 17.2 Å². The topological polar surface area (TPSA) is 21.3 Å². The first-order valence-corrected chi connectivity index (χ1v) is 7.62. The van der Waals surface area contributed by atoms with E-state index >= 15 is 0 Å². The lowest BCUT2D eigenvalue weighted by Crippen LogP contribution is -2.50. The highest BCUT2D eigenvalue weighted by molar-refractivity contribution is 9.10. The van der Waals surface area contributed by atoms with E-state index in [9.17, 15) is 8.78 Å². The van der Waals surface area contributed by atoms with Crippen LogP contribution in [-0.4, -0.2) is 24.8 Å². The molecular weight excluding hydrogens is 328 g/mol. The van der Waals surface area contributed by atoms with E-state index in [1.807, 2.05) is 27.7 Å². The Hall–Kier alpha value is -0.520. The van der Waals surface area contributed by atoms with Crippen molar-refractivity contribution >= 4 is 15.9 Å². The van der Waals surface area contributed by atoms with Gasteiger partial charge in [-0.15, -0.1) is 0 Å². The lowest BCUT2D eigenvalue weighted by molar-refractivity contribution is -0.0379. The fourth-order valence-electron chi connectivity index (χ4n) is 2.24. The SMILES string of the molecule is CCNC(Cc1c(F)ccc(Br)c1F)C(C)(C)OCC. The molecule has 0 bridgehead atoms. The molecule has 0 amide bonds. The van der Waals surface area contributed by atoms with Gasteiger partial charge < -0.3 is 10.1 Å². The van der Waals surface area contributed by atoms with Gasteiger partial charge in [-0.2, -0.15) is 0 Å². The summed E-state index contributed by atoms with van der Waals surface area (Å²) >= 11 is 3.10. The Morgan fingerprint density at radius 1 is 1.30 bits per heavy atom. The molecule has 114 valence electrons. The van der Waals surface area contributed by atoms with Crippen LogP contribution in [-0.2, 0) is 11.2 Å². The molecule has 0 spiro atoms. The van der Waals surface area contributed by atoms with E-state index in [1.165, 1.54) is 12.1 Å². The van der Waals surface area contributed by atoms with Crippen LogP contribution >= 0.6 is 15.9 Å². The van der Waals surface area contributed by atoms with Crippen molar-refractivity contribution in [1.82, 2.24) is 5.32 Å². The molecule has 1 rings (SSSR count). The minimum absolute atomic E-state index is 0.0816. The average molecular weight is 350 g/mol. The lowest BCUT2D eigenvalue weighted by atomic mass is 9.91. The van der Waals surface area contributed by atoms with Gasteiger partial charge in [-0.05, 0) is 61.8 Å². The molecule has 20 heavy (non-hydrogen) atoms. The van der Waals surface area contributed by atoms with Gasteiger partial charge >= 0.3 is 0 Å². The number of benzene rings is 1. The quantitative estimate of drug-likeness (QED) is 0.749. The smallest absolute Gasteiger partial charge is 0.143 e. The van der Waals surface area contributed by atoms with Crippen molar-refractivity contribution in [2.75, 3.05) is 13.2 Å². The number of rotatable bonds is 7. The third-order valence-corrected chi connectivity index (χ3v) is 3.97. The van der Waals surface area contributed by atoms with Gasteiger partial charge in [0.2, 0.25) is 0 Å². The van der Waals surface area contributed by atoms with Gasteiger partial charge in [-0.1, -0.05) is 6.92 Å². The summed E-state index contributed by atoms with van der Waals surface area (Å²) in [6, 6.07) is 2.48. The molecule has 5 heteroatoms. The van der Waals surface area contributed by atoms with E-state index in [4.69, 9.17) is 4.74 Å². The van der Waals surface area contributed by atoms with Gasteiger partial charge in [0.25, 0.3) is 0 Å². The maximum atomic E-state index is 14.1. The van der Waals surface area contributed by atoms with Gasteiger partial charge in [0, 0.05) is 18.2 Å². The van der Waals surface area contributed by atoms with Crippen molar-refractivity contribution in [3.63, 3.8) is 0 Å². The van der Waals surface area contributed by atoms with E-state index in [2.05, 4.69) is 21.2 Å². The molecule has 1 aromatic rings. The fourth-order valence-corrected chi connectivity index (χ4v) is 2.61. The van der Waals surface area contributed by atoms with Crippen LogP contribution in [0.25, 0.3) is 0 Å². The van der Waals surface area contributed by atoms with Crippen molar-refractivity contribution in [3.05, 3.63) is 33.8 Å². The zero-order valence-electron chi connectivity index (χ0n) is 12.4. The Bertz CT molecular complexity index is 452. The standard InChI is InChI=1S/C15H22BrF2NO/c1-5-19-13(15(3,4)20-6-2)9-10-12(17)8-7-11(16)14(10)18/h7-8,13,19H,5-6,9H2,1-4H3. The van der Waals surface area contributed by atoms with Crippen LogP contribution in [0.15, 0.2) is 16.6 Å². The van der Waals surface area contributed by atoms with Crippen LogP contribution < -0.4 is 5.32 Å². The van der Waals surface area contributed by atoms with Gasteiger partial charge in [-0.3, -0.25) is 0 Å². The molecule has 0 aliphatic carbocycles. The van der Waals surface area contributed by atoms with Crippen molar-refractivity contribution in [3.8, 4) is 0 Å². The monoisotopic (exact) mass is 349 g/mol. The lowest BCUT2D eigenvalue weighted by Gasteiger charge is -2.35. The summed E-state index contributed by atoms with van der Waals surface area (Å²) in [5, 5.41) is 3.26. The second-order valence-electron chi connectivity index (χ2n) is 5.17. The highest BCUT2D eigenvalue weighted by Crippen LogP contribution is 2.26. The second kappa shape index (κ2) is 7.48. The van der Waals surface area contributed by atoms with E-state index in [0.717, 1.165) is 0 Å². The first-order valence-electron chi connectivity index (χ1n) is 6.83. The minimum atomic E-state index is -0.541. The zero-order chi connectivity index (χ0) is 15.3. The molecule has 0 aromatic heterocycles. The molecule has 2 nitrogen and oxygen atoms in total. The summed E-state index contributed by atoms with van der Waals surface area (Å²) < 4.78 is 33.9. The first-order chi connectivity index (χ1) is 9.33. The number of nitrogens with one attached hydrogen (secondary N) is 1. The molecule has 0 fully saturated rings. The van der Waals surface area contributed by atoms with Crippen molar-refractivity contribution in [2.45, 2.75) is 45.8 Å². The molecule has 1 aromatic carbocycles. The van der Waals surface area contributed by atoms with Crippen molar-refractivity contribution < 1.29 is 13.5 Å². The predicted octanol–water partition coefficient (Wildman–Crippen LogP) is 4.06. The molecule has 1 N–H and O–H groups in total. The normalized spacial score (nSPS) is 13.6. The second-order valence-corrected chi connectivity index (χ2v) is 6.03. The number of likely N-dealkylation sites (N-methyl/N-ethyl adjacent to an activating group) is 1. The zero-order valence-corrected chi connectivity index (χ0v) is 14.0. The Labute approximate surface area is 128 Å². The molecular formula is C15H22BrF2NO. The largest absolute Gasteiger partial charge is 0.374 e. The Morgan fingerprint density at radius 2 is 1.95 bits per heavy atom. The van der Waals surface area contributed by atoms with Crippen LogP contribution in [0.2, 0.25) is 0 Å². The van der Waals surface area contributed by atoms with E-state index in [1.54, 1.807) is 0 Å².